The fourth-order valence-electron chi connectivity index (χ4n) is 1.81. The van der Waals surface area contributed by atoms with Gasteiger partial charge in [-0.2, -0.15) is 0 Å². The van der Waals surface area contributed by atoms with Gasteiger partial charge in [0.15, 0.2) is 0 Å². The minimum atomic E-state index is 0.0383. The van der Waals surface area contributed by atoms with Gasteiger partial charge in [-0.1, -0.05) is 37.3 Å². The molecule has 2 N–H and O–H groups in total. The summed E-state index contributed by atoms with van der Waals surface area (Å²) in [6.45, 7) is 4.56. The highest BCUT2D eigenvalue weighted by Crippen LogP contribution is 2.17. The van der Waals surface area contributed by atoms with Crippen LogP contribution in [0, 0.1) is 0 Å². The lowest BCUT2D eigenvalue weighted by molar-refractivity contribution is -0.120. The number of amides is 1. The van der Waals surface area contributed by atoms with E-state index in [4.69, 9.17) is 4.74 Å². The molecule has 1 aromatic rings. The second-order valence-electron chi connectivity index (χ2n) is 4.62. The summed E-state index contributed by atoms with van der Waals surface area (Å²) in [6, 6.07) is 10.4. The molecule has 0 saturated heterocycles. The minimum absolute atomic E-state index is 0.0383. The van der Waals surface area contributed by atoms with Crippen molar-refractivity contribution in [2.24, 2.45) is 0 Å². The maximum absolute atomic E-state index is 11.5. The van der Waals surface area contributed by atoms with Crippen LogP contribution in [-0.2, 0) is 9.53 Å². The second-order valence-corrected chi connectivity index (χ2v) is 4.62. The fourth-order valence-corrected chi connectivity index (χ4v) is 1.81. The third-order valence-electron chi connectivity index (χ3n) is 3.04. The Labute approximate surface area is 115 Å². The van der Waals surface area contributed by atoms with Crippen LogP contribution in [0.1, 0.15) is 24.8 Å². The number of benzene rings is 1. The maximum atomic E-state index is 11.5. The molecule has 4 nitrogen and oxygen atoms in total. The number of rotatable bonds is 9. The molecule has 0 aliphatic heterocycles. The molecule has 1 aromatic carbocycles. The first kappa shape index (κ1) is 15.7. The molecule has 0 saturated carbocycles. The van der Waals surface area contributed by atoms with Gasteiger partial charge in [0.05, 0.1) is 13.2 Å². The van der Waals surface area contributed by atoms with Crippen LogP contribution in [0.25, 0.3) is 0 Å². The predicted octanol–water partition coefficient (Wildman–Crippen LogP) is 1.53. The topological polar surface area (TPSA) is 50.4 Å². The van der Waals surface area contributed by atoms with Gasteiger partial charge in [0.25, 0.3) is 0 Å². The standard InChI is InChI=1S/C15H24N2O2/c1-13(14-6-4-3-5-7-14)8-9-17-15(18)12-16-10-11-19-2/h3-7,13,16H,8-12H2,1-2H3,(H,17,18). The van der Waals surface area contributed by atoms with Gasteiger partial charge in [-0.3, -0.25) is 4.79 Å². The van der Waals surface area contributed by atoms with E-state index in [9.17, 15) is 4.79 Å². The molecule has 0 bridgehead atoms. The van der Waals surface area contributed by atoms with Crippen LogP contribution >= 0.6 is 0 Å². The van der Waals surface area contributed by atoms with Crippen LogP contribution in [0.2, 0.25) is 0 Å². The van der Waals surface area contributed by atoms with E-state index in [1.54, 1.807) is 7.11 Å². The zero-order valence-electron chi connectivity index (χ0n) is 11.8. The number of nitrogens with one attached hydrogen (secondary N) is 2. The molecule has 0 aromatic heterocycles. The predicted molar refractivity (Wildman–Crippen MR) is 77.2 cm³/mol. The molecule has 1 rings (SSSR count). The molecule has 1 amide bonds. The first-order valence-corrected chi connectivity index (χ1v) is 6.75. The van der Waals surface area contributed by atoms with Crippen LogP contribution in [0.3, 0.4) is 0 Å². The highest BCUT2D eigenvalue weighted by molar-refractivity contribution is 5.77. The molecule has 1 atom stereocenters. The molecule has 0 radical (unpaired) electrons. The van der Waals surface area contributed by atoms with Crippen LogP contribution in [0.15, 0.2) is 30.3 Å². The van der Waals surface area contributed by atoms with Gasteiger partial charge < -0.3 is 15.4 Å². The summed E-state index contributed by atoms with van der Waals surface area (Å²) in [4.78, 5) is 11.5. The number of methoxy groups -OCH3 is 1. The van der Waals surface area contributed by atoms with Crippen molar-refractivity contribution in [2.45, 2.75) is 19.3 Å². The van der Waals surface area contributed by atoms with Gasteiger partial charge in [0, 0.05) is 20.2 Å². The quantitative estimate of drug-likeness (QED) is 0.665. The van der Waals surface area contributed by atoms with Crippen molar-refractivity contribution in [3.63, 3.8) is 0 Å². The van der Waals surface area contributed by atoms with E-state index in [0.29, 0.717) is 32.2 Å². The van der Waals surface area contributed by atoms with Crippen molar-refractivity contribution in [1.82, 2.24) is 10.6 Å². The maximum Gasteiger partial charge on any atom is 0.233 e. The average molecular weight is 264 g/mol. The molecular weight excluding hydrogens is 240 g/mol. The Morgan fingerprint density at radius 3 is 2.68 bits per heavy atom. The van der Waals surface area contributed by atoms with Crippen molar-refractivity contribution >= 4 is 5.91 Å². The van der Waals surface area contributed by atoms with Gasteiger partial charge in [0.2, 0.25) is 5.91 Å². The van der Waals surface area contributed by atoms with E-state index in [0.717, 1.165) is 6.42 Å². The lowest BCUT2D eigenvalue weighted by Gasteiger charge is -2.12. The van der Waals surface area contributed by atoms with Crippen LogP contribution < -0.4 is 10.6 Å². The van der Waals surface area contributed by atoms with Crippen molar-refractivity contribution in [2.75, 3.05) is 33.4 Å². The highest BCUT2D eigenvalue weighted by atomic mass is 16.5. The Bertz CT molecular complexity index is 354. The van der Waals surface area contributed by atoms with Gasteiger partial charge in [-0.25, -0.2) is 0 Å². The van der Waals surface area contributed by atoms with Gasteiger partial charge in [-0.15, -0.1) is 0 Å². The van der Waals surface area contributed by atoms with Crippen molar-refractivity contribution in [3.05, 3.63) is 35.9 Å². The van der Waals surface area contributed by atoms with Gasteiger partial charge in [0.1, 0.15) is 0 Å². The highest BCUT2D eigenvalue weighted by Gasteiger charge is 2.05. The number of ether oxygens (including phenoxy) is 1. The molecule has 0 aliphatic carbocycles. The number of hydrogen-bond donors (Lipinski definition) is 2. The van der Waals surface area contributed by atoms with E-state index < -0.39 is 0 Å². The molecule has 0 spiro atoms. The van der Waals surface area contributed by atoms with E-state index in [2.05, 4.69) is 29.7 Å². The van der Waals surface area contributed by atoms with Gasteiger partial charge in [-0.05, 0) is 17.9 Å². The van der Waals surface area contributed by atoms with Gasteiger partial charge >= 0.3 is 0 Å². The van der Waals surface area contributed by atoms with Crippen molar-refractivity contribution < 1.29 is 9.53 Å². The molecular formula is C15H24N2O2. The van der Waals surface area contributed by atoms with Crippen molar-refractivity contribution in [1.29, 1.82) is 0 Å². The third-order valence-corrected chi connectivity index (χ3v) is 3.04. The molecule has 4 heteroatoms. The average Bonchev–Trinajstić information content (AvgIpc) is 2.44. The first-order chi connectivity index (χ1) is 9.24. The molecule has 0 heterocycles. The largest absolute Gasteiger partial charge is 0.383 e. The first-order valence-electron chi connectivity index (χ1n) is 6.75. The summed E-state index contributed by atoms with van der Waals surface area (Å²) >= 11 is 0. The summed E-state index contributed by atoms with van der Waals surface area (Å²) in [5.41, 5.74) is 1.31. The Morgan fingerprint density at radius 2 is 2.00 bits per heavy atom. The van der Waals surface area contributed by atoms with E-state index in [1.807, 2.05) is 18.2 Å². The molecule has 19 heavy (non-hydrogen) atoms. The second kappa shape index (κ2) is 9.53. The number of hydrogen-bond acceptors (Lipinski definition) is 3. The van der Waals surface area contributed by atoms with Crippen LogP contribution in [0.5, 0.6) is 0 Å². The van der Waals surface area contributed by atoms with Crippen LogP contribution in [-0.4, -0.2) is 39.3 Å². The molecule has 0 fully saturated rings. The Morgan fingerprint density at radius 1 is 1.26 bits per heavy atom. The summed E-state index contributed by atoms with van der Waals surface area (Å²) < 4.78 is 4.89. The smallest absolute Gasteiger partial charge is 0.233 e. The monoisotopic (exact) mass is 264 g/mol. The van der Waals surface area contributed by atoms with E-state index >= 15 is 0 Å². The summed E-state index contributed by atoms with van der Waals surface area (Å²) in [5.74, 6) is 0.499. The Hall–Kier alpha value is -1.39. The lowest BCUT2D eigenvalue weighted by Crippen LogP contribution is -2.35. The Balaban J connectivity index is 2.11. The van der Waals surface area contributed by atoms with E-state index in [1.165, 1.54) is 5.56 Å². The van der Waals surface area contributed by atoms with Crippen molar-refractivity contribution in [3.8, 4) is 0 Å². The zero-order valence-corrected chi connectivity index (χ0v) is 11.8. The lowest BCUT2D eigenvalue weighted by atomic mass is 9.98. The summed E-state index contributed by atoms with van der Waals surface area (Å²) in [6.07, 6.45) is 0.952. The number of carbonyl (C=O) groups is 1. The fraction of sp³-hybridized carbons (Fsp3) is 0.533. The molecule has 1 unspecified atom stereocenters. The van der Waals surface area contributed by atoms with Crippen LogP contribution in [0.4, 0.5) is 0 Å². The normalized spacial score (nSPS) is 12.1. The van der Waals surface area contributed by atoms with E-state index in [-0.39, 0.29) is 5.91 Å². The molecule has 0 aliphatic rings. The Kier molecular flexibility index (Phi) is 7.86. The summed E-state index contributed by atoms with van der Waals surface area (Å²) in [5, 5.41) is 5.94. The molecule has 106 valence electrons. The minimum Gasteiger partial charge on any atom is -0.383 e. The SMILES string of the molecule is COCCNCC(=O)NCCC(C)c1ccccc1. The summed E-state index contributed by atoms with van der Waals surface area (Å²) in [7, 11) is 1.65. The third kappa shape index (κ3) is 6.94. The zero-order chi connectivity index (χ0) is 13.9. The number of carbonyl (C=O) groups excluding carboxylic acids is 1.